The van der Waals surface area contributed by atoms with Crippen molar-refractivity contribution in [2.24, 2.45) is 0 Å². The molecule has 3 nitrogen and oxygen atoms in total. The first-order valence-electron chi connectivity index (χ1n) is 3.61. The first kappa shape index (κ1) is 10.3. The lowest BCUT2D eigenvalue weighted by Gasteiger charge is -2.03. The van der Waals surface area contributed by atoms with E-state index in [1.165, 1.54) is 22.5 Å². The molecule has 0 N–H and O–H groups in total. The fourth-order valence-corrected chi connectivity index (χ4v) is 1.03. The van der Waals surface area contributed by atoms with Gasteiger partial charge in [0.05, 0.1) is 6.33 Å². The molecule has 0 amide bonds. The average Bonchev–Trinajstić information content (AvgIpc) is 2.09. The normalized spacial score (nSPS) is 11.8. The van der Waals surface area contributed by atoms with Gasteiger partial charge in [-0.05, 0) is 12.5 Å². The highest BCUT2D eigenvalue weighted by molar-refractivity contribution is 6.29. The Morgan fingerprint density at radius 2 is 2.46 bits per heavy atom. The summed E-state index contributed by atoms with van der Waals surface area (Å²) in [7, 11) is 0. The van der Waals surface area contributed by atoms with E-state index in [4.69, 9.17) is 23.2 Å². The Morgan fingerprint density at radius 1 is 1.77 bits per heavy atom. The first-order valence-corrected chi connectivity index (χ1v) is 4.43. The summed E-state index contributed by atoms with van der Waals surface area (Å²) >= 11 is 11.0. The smallest absolute Gasteiger partial charge is 0.255 e. The van der Waals surface area contributed by atoms with E-state index < -0.39 is 0 Å². The third-order valence-electron chi connectivity index (χ3n) is 1.45. The summed E-state index contributed by atoms with van der Waals surface area (Å²) in [6, 6.07) is 1.27. The van der Waals surface area contributed by atoms with Crippen LogP contribution in [0.2, 0.25) is 5.15 Å². The van der Waals surface area contributed by atoms with Gasteiger partial charge in [-0.25, -0.2) is 4.98 Å². The van der Waals surface area contributed by atoms with Gasteiger partial charge in [0.2, 0.25) is 0 Å². The van der Waals surface area contributed by atoms with Gasteiger partial charge >= 0.3 is 0 Å². The zero-order valence-corrected chi connectivity index (χ0v) is 8.51. The molecule has 0 saturated heterocycles. The second kappa shape index (κ2) is 4.44. The van der Waals surface area contributed by atoms with Crippen molar-refractivity contribution in [1.82, 2.24) is 9.55 Å². The van der Waals surface area contributed by atoms with Gasteiger partial charge in [-0.1, -0.05) is 23.2 Å². The van der Waals surface area contributed by atoms with E-state index >= 15 is 0 Å². The molecule has 0 bridgehead atoms. The Balaban J connectivity index is 2.97. The Labute approximate surface area is 85.6 Å². The molecular formula is C8H8Cl2N2O. The van der Waals surface area contributed by atoms with Crippen molar-refractivity contribution >= 4 is 23.2 Å². The molecule has 70 valence electrons. The number of hydrogen-bond donors (Lipinski definition) is 0. The molecule has 0 aliphatic heterocycles. The number of nitrogens with zero attached hydrogens (tertiary/aromatic N) is 2. The molecule has 1 heterocycles. The molecule has 1 aromatic heterocycles. The molecule has 1 rings (SSSR count). The SMILES string of the molecule is CC(=CCl)Cn1cnc(Cl)cc1=O. The van der Waals surface area contributed by atoms with Gasteiger partial charge in [0.15, 0.2) is 0 Å². The molecule has 0 fully saturated rings. The molecule has 0 aliphatic carbocycles. The van der Waals surface area contributed by atoms with Gasteiger partial charge < -0.3 is 0 Å². The maximum Gasteiger partial charge on any atom is 0.255 e. The van der Waals surface area contributed by atoms with E-state index in [9.17, 15) is 4.79 Å². The van der Waals surface area contributed by atoms with Crippen LogP contribution >= 0.6 is 23.2 Å². The summed E-state index contributed by atoms with van der Waals surface area (Å²) < 4.78 is 1.43. The van der Waals surface area contributed by atoms with Crippen molar-refractivity contribution in [3.8, 4) is 0 Å². The Hall–Kier alpha value is -0.800. The van der Waals surface area contributed by atoms with Crippen molar-refractivity contribution in [3.05, 3.63) is 39.0 Å². The average molecular weight is 219 g/mol. The Bertz CT molecular complexity index is 384. The maximum absolute atomic E-state index is 11.3. The predicted octanol–water partition coefficient (Wildman–Crippen LogP) is 2.04. The van der Waals surface area contributed by atoms with Gasteiger partial charge in [0.1, 0.15) is 5.15 Å². The van der Waals surface area contributed by atoms with Crippen LogP contribution in [0.25, 0.3) is 0 Å². The standard InChI is InChI=1S/C8H8Cl2N2O/c1-6(3-9)4-12-5-11-7(10)2-8(12)13/h2-3,5H,4H2,1H3. The molecule has 13 heavy (non-hydrogen) atoms. The van der Waals surface area contributed by atoms with Crippen LogP contribution in [-0.4, -0.2) is 9.55 Å². The third-order valence-corrected chi connectivity index (χ3v) is 2.03. The van der Waals surface area contributed by atoms with E-state index in [0.717, 1.165) is 5.57 Å². The largest absolute Gasteiger partial charge is 0.295 e. The summed E-state index contributed by atoms with van der Waals surface area (Å²) in [5, 5.41) is 0.203. The van der Waals surface area contributed by atoms with Crippen LogP contribution in [0.5, 0.6) is 0 Å². The molecule has 0 saturated carbocycles. The molecule has 1 aromatic rings. The number of allylic oxidation sites excluding steroid dienone is 1. The van der Waals surface area contributed by atoms with Gasteiger partial charge in [-0.15, -0.1) is 0 Å². The minimum atomic E-state index is -0.183. The highest BCUT2D eigenvalue weighted by atomic mass is 35.5. The summed E-state index contributed by atoms with van der Waals surface area (Å²) in [4.78, 5) is 15.0. The molecule has 5 heteroatoms. The van der Waals surface area contributed by atoms with Gasteiger partial charge in [-0.3, -0.25) is 9.36 Å². The molecule has 0 radical (unpaired) electrons. The fraction of sp³-hybridized carbons (Fsp3) is 0.250. The van der Waals surface area contributed by atoms with Crippen molar-refractivity contribution in [3.63, 3.8) is 0 Å². The molecule has 0 spiro atoms. The fourth-order valence-electron chi connectivity index (χ4n) is 0.826. The quantitative estimate of drug-likeness (QED) is 0.713. The van der Waals surface area contributed by atoms with Gasteiger partial charge in [-0.2, -0.15) is 0 Å². The molecule has 0 unspecified atom stereocenters. The van der Waals surface area contributed by atoms with E-state index in [1.54, 1.807) is 0 Å². The van der Waals surface area contributed by atoms with E-state index in [2.05, 4.69) is 4.98 Å². The van der Waals surface area contributed by atoms with Crippen LogP contribution in [0.3, 0.4) is 0 Å². The summed E-state index contributed by atoms with van der Waals surface area (Å²) in [6.45, 7) is 2.26. The lowest BCUT2D eigenvalue weighted by atomic mass is 10.3. The zero-order valence-electron chi connectivity index (χ0n) is 7.00. The summed E-state index contributed by atoms with van der Waals surface area (Å²) in [5.41, 5.74) is 2.13. The van der Waals surface area contributed by atoms with Crippen LogP contribution < -0.4 is 5.56 Å². The van der Waals surface area contributed by atoms with Crippen molar-refractivity contribution < 1.29 is 0 Å². The highest BCUT2D eigenvalue weighted by Crippen LogP contribution is 2.00. The summed E-state index contributed by atoms with van der Waals surface area (Å²) in [6.07, 6.45) is 1.40. The molecule has 0 aliphatic rings. The number of aromatic nitrogens is 2. The second-order valence-electron chi connectivity index (χ2n) is 2.63. The minimum absolute atomic E-state index is 0.183. The van der Waals surface area contributed by atoms with Crippen molar-refractivity contribution in [2.75, 3.05) is 0 Å². The maximum atomic E-state index is 11.3. The zero-order chi connectivity index (χ0) is 9.84. The monoisotopic (exact) mass is 218 g/mol. The minimum Gasteiger partial charge on any atom is -0.295 e. The highest BCUT2D eigenvalue weighted by Gasteiger charge is 1.97. The number of halogens is 2. The van der Waals surface area contributed by atoms with Gasteiger partial charge in [0, 0.05) is 18.1 Å². The Kier molecular flexibility index (Phi) is 3.51. The van der Waals surface area contributed by atoms with E-state index in [-0.39, 0.29) is 10.7 Å². The van der Waals surface area contributed by atoms with Crippen LogP contribution in [0, 0.1) is 0 Å². The van der Waals surface area contributed by atoms with E-state index in [0.29, 0.717) is 6.54 Å². The molecular weight excluding hydrogens is 211 g/mol. The number of hydrogen-bond acceptors (Lipinski definition) is 2. The number of rotatable bonds is 2. The topological polar surface area (TPSA) is 34.9 Å². The second-order valence-corrected chi connectivity index (χ2v) is 3.24. The van der Waals surface area contributed by atoms with Crippen LogP contribution in [-0.2, 0) is 6.54 Å². The molecule has 0 aromatic carbocycles. The van der Waals surface area contributed by atoms with Crippen molar-refractivity contribution in [2.45, 2.75) is 13.5 Å². The predicted molar refractivity (Wildman–Crippen MR) is 53.1 cm³/mol. The lowest BCUT2D eigenvalue weighted by molar-refractivity contribution is 0.726. The van der Waals surface area contributed by atoms with Crippen LogP contribution in [0.1, 0.15) is 6.92 Å². The summed E-state index contributed by atoms with van der Waals surface area (Å²) in [5.74, 6) is 0. The van der Waals surface area contributed by atoms with Crippen LogP contribution in [0.4, 0.5) is 0 Å². The van der Waals surface area contributed by atoms with Crippen molar-refractivity contribution in [1.29, 1.82) is 0 Å². The van der Waals surface area contributed by atoms with Gasteiger partial charge in [0.25, 0.3) is 5.56 Å². The van der Waals surface area contributed by atoms with Crippen LogP contribution in [0.15, 0.2) is 28.3 Å². The molecule has 0 atom stereocenters. The third kappa shape index (κ3) is 2.86. The van der Waals surface area contributed by atoms with E-state index in [1.807, 2.05) is 6.92 Å². The lowest BCUT2D eigenvalue weighted by Crippen LogP contribution is -2.19. The Morgan fingerprint density at radius 3 is 3.00 bits per heavy atom. The first-order chi connectivity index (χ1) is 6.13.